The third-order valence-electron chi connectivity index (χ3n) is 7.00. The lowest BCUT2D eigenvalue weighted by Gasteiger charge is -2.43. The van der Waals surface area contributed by atoms with Crippen LogP contribution in [-0.2, 0) is 31.1 Å². The van der Waals surface area contributed by atoms with Crippen molar-refractivity contribution in [3.8, 4) is 5.75 Å². The summed E-state index contributed by atoms with van der Waals surface area (Å²) in [6.45, 7) is 2.13. The number of alkyl halides is 1. The first-order valence-corrected chi connectivity index (χ1v) is 11.4. The minimum atomic E-state index is -2.52. The van der Waals surface area contributed by atoms with Crippen molar-refractivity contribution < 1.29 is 27.8 Å². The molecule has 4 rings (SSSR count). The number of benzene rings is 2. The van der Waals surface area contributed by atoms with Crippen LogP contribution in [0.4, 0.5) is 8.78 Å². The summed E-state index contributed by atoms with van der Waals surface area (Å²) in [5.74, 6) is -2.29. The number of fused-ring (bicyclic) bond motifs is 1. The number of nitrogens with two attached hydrogens (primary N) is 1. The number of hydrogen-bond acceptors (Lipinski definition) is 5. The summed E-state index contributed by atoms with van der Waals surface area (Å²) in [4.78, 5) is 12.0. The number of primary amides is 1. The van der Waals surface area contributed by atoms with Gasteiger partial charge >= 0.3 is 0 Å². The Kier molecular flexibility index (Phi) is 6.42. The normalized spacial score (nSPS) is 28.1. The molecule has 2 aliphatic rings. The van der Waals surface area contributed by atoms with Crippen LogP contribution in [-0.4, -0.2) is 33.7 Å². The number of carbonyl (C=O) groups excluding carboxylic acids is 1. The molecule has 0 fully saturated rings. The van der Waals surface area contributed by atoms with Gasteiger partial charge in [-0.3, -0.25) is 4.79 Å². The summed E-state index contributed by atoms with van der Waals surface area (Å²) in [6.07, 6.45) is -0.700. The number of nitrogens with one attached hydrogen (secondary N) is 1. The van der Waals surface area contributed by atoms with E-state index in [0.717, 1.165) is 5.56 Å². The molecule has 1 heterocycles. The van der Waals surface area contributed by atoms with E-state index in [9.17, 15) is 9.18 Å². The van der Waals surface area contributed by atoms with Crippen molar-refractivity contribution in [2.45, 2.75) is 30.2 Å². The Balaban J connectivity index is 2.01. The molecule has 3 atom stereocenters. The van der Waals surface area contributed by atoms with Crippen LogP contribution < -0.4 is 15.8 Å². The Bertz CT molecular complexity index is 1240. The van der Waals surface area contributed by atoms with Crippen molar-refractivity contribution in [3.63, 3.8) is 0 Å². The molecule has 0 aromatic heterocycles. The molecule has 6 nitrogen and oxygen atoms in total. The van der Waals surface area contributed by atoms with E-state index >= 15 is 4.39 Å². The third kappa shape index (κ3) is 3.46. The largest absolute Gasteiger partial charge is 0.496 e. The standard InChI is InChI=1S/C26H27ClF2N2O4/c1-24(34-4)19-17(25(29)13-16(23(30)32)21(28)20(27)22(25)33-3)11-8-12-18(19)35-26(24,14-31-2)15-9-6-5-7-10-15/h5-12,31H,13-14H2,1-4H3,(H2,30,32)/t24?,25-,26-/m1/s1. The van der Waals surface area contributed by atoms with Gasteiger partial charge in [-0.1, -0.05) is 54.1 Å². The van der Waals surface area contributed by atoms with E-state index in [1.807, 2.05) is 37.3 Å². The Labute approximate surface area is 207 Å². The van der Waals surface area contributed by atoms with Gasteiger partial charge in [0.1, 0.15) is 16.4 Å². The first-order chi connectivity index (χ1) is 16.6. The molecule has 1 amide bonds. The average Bonchev–Trinajstić information content (AvgIpc) is 3.11. The number of likely N-dealkylation sites (N-methyl/N-ethyl adjacent to an activating group) is 1. The predicted molar refractivity (Wildman–Crippen MR) is 128 cm³/mol. The summed E-state index contributed by atoms with van der Waals surface area (Å²) < 4.78 is 49.9. The quantitative estimate of drug-likeness (QED) is 0.583. The topological polar surface area (TPSA) is 82.8 Å². The maximum atomic E-state index is 17.2. The van der Waals surface area contributed by atoms with E-state index in [1.54, 1.807) is 19.2 Å². The fourth-order valence-electron chi connectivity index (χ4n) is 5.26. The minimum absolute atomic E-state index is 0.0782. The predicted octanol–water partition coefficient (Wildman–Crippen LogP) is 4.43. The highest BCUT2D eigenvalue weighted by Crippen LogP contribution is 2.60. The van der Waals surface area contributed by atoms with Crippen LogP contribution in [0.3, 0.4) is 0 Å². The minimum Gasteiger partial charge on any atom is -0.496 e. The third-order valence-corrected chi connectivity index (χ3v) is 7.34. The SMILES string of the molecule is CNC[C@]1(c2ccccc2)Oc2cccc([C@]3(F)CC(C(N)=O)=C(F)C(Cl)=C3OC)c2C1(C)OC. The van der Waals surface area contributed by atoms with Crippen molar-refractivity contribution in [3.05, 3.63) is 87.4 Å². The smallest absolute Gasteiger partial charge is 0.247 e. The summed E-state index contributed by atoms with van der Waals surface area (Å²) in [5.41, 5.74) is 1.27. The summed E-state index contributed by atoms with van der Waals surface area (Å²) in [5, 5.41) is 2.52. The highest BCUT2D eigenvalue weighted by molar-refractivity contribution is 6.32. The number of carbonyl (C=O) groups is 1. The Morgan fingerprint density at radius 1 is 1.20 bits per heavy atom. The molecule has 186 valence electrons. The number of ether oxygens (including phenoxy) is 3. The summed E-state index contributed by atoms with van der Waals surface area (Å²) in [7, 11) is 4.49. The zero-order valence-electron chi connectivity index (χ0n) is 19.9. The van der Waals surface area contributed by atoms with Gasteiger partial charge in [0.15, 0.2) is 22.9 Å². The molecule has 0 saturated heterocycles. The van der Waals surface area contributed by atoms with E-state index < -0.39 is 51.4 Å². The van der Waals surface area contributed by atoms with Crippen LogP contribution in [0.2, 0.25) is 0 Å². The van der Waals surface area contributed by atoms with Crippen LogP contribution in [0.1, 0.15) is 30.0 Å². The van der Waals surface area contributed by atoms with Crippen molar-refractivity contribution in [1.82, 2.24) is 5.32 Å². The number of amides is 1. The molecular formula is C26H27ClF2N2O4. The second-order valence-corrected chi connectivity index (χ2v) is 9.10. The highest BCUT2D eigenvalue weighted by atomic mass is 35.5. The molecule has 0 radical (unpaired) electrons. The van der Waals surface area contributed by atoms with Gasteiger partial charge in [-0.05, 0) is 25.6 Å². The van der Waals surface area contributed by atoms with Gasteiger partial charge < -0.3 is 25.3 Å². The van der Waals surface area contributed by atoms with Crippen molar-refractivity contribution >= 4 is 17.5 Å². The first kappa shape index (κ1) is 25.2. The molecule has 0 saturated carbocycles. The first-order valence-electron chi connectivity index (χ1n) is 11.0. The molecule has 0 spiro atoms. The number of allylic oxidation sites excluding steroid dienone is 3. The monoisotopic (exact) mass is 504 g/mol. The fraction of sp³-hybridized carbons (Fsp3) is 0.346. The van der Waals surface area contributed by atoms with Crippen molar-refractivity contribution in [2.75, 3.05) is 27.8 Å². The molecule has 3 N–H and O–H groups in total. The average molecular weight is 505 g/mol. The van der Waals surface area contributed by atoms with Gasteiger partial charge in [0.25, 0.3) is 0 Å². The number of hydrogen-bond donors (Lipinski definition) is 2. The molecule has 1 aliphatic carbocycles. The van der Waals surface area contributed by atoms with E-state index in [4.69, 9.17) is 31.5 Å². The van der Waals surface area contributed by atoms with Crippen LogP contribution in [0.15, 0.2) is 70.7 Å². The molecule has 35 heavy (non-hydrogen) atoms. The maximum Gasteiger partial charge on any atom is 0.247 e. The summed E-state index contributed by atoms with van der Waals surface area (Å²) in [6, 6.07) is 14.3. The maximum absolute atomic E-state index is 17.2. The Morgan fingerprint density at radius 3 is 2.46 bits per heavy atom. The lowest BCUT2D eigenvalue weighted by atomic mass is 9.71. The molecule has 1 unspecified atom stereocenters. The zero-order chi connectivity index (χ0) is 25.6. The van der Waals surface area contributed by atoms with Crippen LogP contribution >= 0.6 is 11.6 Å². The van der Waals surface area contributed by atoms with E-state index in [1.165, 1.54) is 20.3 Å². The van der Waals surface area contributed by atoms with Crippen LogP contribution in [0.5, 0.6) is 5.75 Å². The van der Waals surface area contributed by atoms with Crippen LogP contribution in [0.25, 0.3) is 0 Å². The zero-order valence-corrected chi connectivity index (χ0v) is 20.6. The molecular weight excluding hydrogens is 478 g/mol. The van der Waals surface area contributed by atoms with Gasteiger partial charge in [-0.2, -0.15) is 0 Å². The molecule has 9 heteroatoms. The lowest BCUT2D eigenvalue weighted by Crippen LogP contribution is -2.54. The Hall–Kier alpha value is -2.94. The van der Waals surface area contributed by atoms with Gasteiger partial charge in [-0.25, -0.2) is 8.78 Å². The number of halogens is 3. The number of methoxy groups -OCH3 is 2. The van der Waals surface area contributed by atoms with Gasteiger partial charge in [0.05, 0.1) is 12.7 Å². The fourth-order valence-corrected chi connectivity index (χ4v) is 5.60. The van der Waals surface area contributed by atoms with Gasteiger partial charge in [-0.15, -0.1) is 0 Å². The molecule has 2 aromatic rings. The summed E-state index contributed by atoms with van der Waals surface area (Å²) >= 11 is 6.17. The van der Waals surface area contributed by atoms with Gasteiger partial charge in [0.2, 0.25) is 5.91 Å². The molecule has 1 aliphatic heterocycles. The highest BCUT2D eigenvalue weighted by Gasteiger charge is 2.62. The van der Waals surface area contributed by atoms with Crippen LogP contribution in [0, 0.1) is 0 Å². The van der Waals surface area contributed by atoms with E-state index in [2.05, 4.69) is 5.32 Å². The van der Waals surface area contributed by atoms with Crippen molar-refractivity contribution in [2.24, 2.45) is 5.73 Å². The lowest BCUT2D eigenvalue weighted by molar-refractivity contribution is -0.131. The van der Waals surface area contributed by atoms with Gasteiger partial charge in [0, 0.05) is 31.2 Å². The van der Waals surface area contributed by atoms with Crippen molar-refractivity contribution in [1.29, 1.82) is 0 Å². The number of rotatable bonds is 7. The Morgan fingerprint density at radius 2 is 1.89 bits per heavy atom. The van der Waals surface area contributed by atoms with E-state index in [0.29, 0.717) is 17.9 Å². The second-order valence-electron chi connectivity index (χ2n) is 8.72. The molecule has 0 bridgehead atoms. The second kappa shape index (κ2) is 8.93. The molecule has 2 aromatic carbocycles. The van der Waals surface area contributed by atoms with E-state index in [-0.39, 0.29) is 5.56 Å².